The van der Waals surface area contributed by atoms with Crippen LogP contribution in [0.2, 0.25) is 0 Å². The number of fused-ring (bicyclic) bond motifs is 1. The van der Waals surface area contributed by atoms with Gasteiger partial charge in [0.1, 0.15) is 17.3 Å². The second-order valence-electron chi connectivity index (χ2n) is 10.9. The van der Waals surface area contributed by atoms with Crippen molar-refractivity contribution in [2.45, 2.75) is 44.0 Å². The van der Waals surface area contributed by atoms with Crippen LogP contribution >= 0.6 is 0 Å². The number of hydrogen-bond acceptors (Lipinski definition) is 6. The van der Waals surface area contributed by atoms with Crippen LogP contribution in [0.3, 0.4) is 0 Å². The second kappa shape index (κ2) is 9.89. The lowest BCUT2D eigenvalue weighted by Gasteiger charge is -2.15. The molecule has 0 radical (unpaired) electrons. The van der Waals surface area contributed by atoms with Crippen molar-refractivity contribution < 1.29 is 27.4 Å². The summed E-state index contributed by atoms with van der Waals surface area (Å²) in [5.41, 5.74) is 4.00. The zero-order valence-corrected chi connectivity index (χ0v) is 23.6. The number of amides is 1. The third-order valence-corrected chi connectivity index (χ3v) is 7.89. The van der Waals surface area contributed by atoms with Crippen molar-refractivity contribution in [2.24, 2.45) is 7.05 Å². The molecule has 5 aromatic rings. The van der Waals surface area contributed by atoms with Crippen LogP contribution in [-0.2, 0) is 7.05 Å². The van der Waals surface area contributed by atoms with E-state index in [1.54, 1.807) is 18.8 Å². The first-order valence-corrected chi connectivity index (χ1v) is 14.0. The number of hydrogen-bond donors (Lipinski definition) is 1. The van der Waals surface area contributed by atoms with Gasteiger partial charge in [0, 0.05) is 48.4 Å². The molecular weight excluding hydrogens is 563 g/mol. The summed E-state index contributed by atoms with van der Waals surface area (Å²) in [6, 6.07) is 10.1. The van der Waals surface area contributed by atoms with Gasteiger partial charge in [0.2, 0.25) is 0 Å². The third kappa shape index (κ3) is 4.88. The zero-order chi connectivity index (χ0) is 30.0. The Morgan fingerprint density at radius 1 is 1.05 bits per heavy atom. The molecule has 222 valence electrons. The molecule has 0 aliphatic heterocycles. The first-order chi connectivity index (χ1) is 20.6. The molecule has 1 N–H and O–H groups in total. The fraction of sp³-hybridized carbons (Fsp3) is 0.333. The lowest BCUT2D eigenvalue weighted by molar-refractivity contribution is -0.274. The Balaban J connectivity index is 1.37. The third-order valence-electron chi connectivity index (χ3n) is 7.89. The summed E-state index contributed by atoms with van der Waals surface area (Å²) in [5, 5.41) is 12.6. The summed E-state index contributed by atoms with van der Waals surface area (Å²) in [6.07, 6.45) is 2.92. The number of alkyl halides is 3. The number of rotatable bonds is 8. The number of benzene rings is 2. The largest absolute Gasteiger partial charge is 0.573 e. The Labute approximate surface area is 244 Å². The maximum absolute atomic E-state index is 13.5. The molecule has 13 heteroatoms. The molecule has 2 saturated carbocycles. The second-order valence-corrected chi connectivity index (χ2v) is 10.9. The number of carbonyl (C=O) groups is 1. The molecule has 10 nitrogen and oxygen atoms in total. The fourth-order valence-electron chi connectivity index (χ4n) is 5.54. The molecule has 1 amide bonds. The van der Waals surface area contributed by atoms with Crippen LogP contribution in [0.25, 0.3) is 39.2 Å². The highest BCUT2D eigenvalue weighted by Crippen LogP contribution is 2.48. The minimum atomic E-state index is -4.96. The van der Waals surface area contributed by atoms with E-state index in [0.717, 1.165) is 53.9 Å². The van der Waals surface area contributed by atoms with Gasteiger partial charge in [0.15, 0.2) is 0 Å². The molecule has 3 aromatic heterocycles. The Morgan fingerprint density at radius 3 is 2.51 bits per heavy atom. The summed E-state index contributed by atoms with van der Waals surface area (Å²) in [7, 11) is 4.78. The topological polar surface area (TPSA) is 101 Å². The van der Waals surface area contributed by atoms with E-state index in [2.05, 4.69) is 15.2 Å². The number of nitrogens with zero attached hydrogens (tertiary/aromatic N) is 6. The number of aromatic nitrogens is 6. The number of methoxy groups -OCH3 is 1. The maximum Gasteiger partial charge on any atom is 0.573 e. The molecule has 0 atom stereocenters. The first kappa shape index (κ1) is 27.0. The predicted molar refractivity (Wildman–Crippen MR) is 151 cm³/mol. The number of halogens is 3. The van der Waals surface area contributed by atoms with E-state index in [4.69, 9.17) is 14.8 Å². The SMILES string of the molecule is CNC(=O)c1ccc(-c2nc(-c3cccc4nn(-c5cn(C6CC6)nc5OC)cc34)c(C3CC3)n2C)c(OC(F)(F)F)c1. The van der Waals surface area contributed by atoms with Gasteiger partial charge in [-0.15, -0.1) is 18.3 Å². The normalized spacial score (nSPS) is 15.2. The van der Waals surface area contributed by atoms with Gasteiger partial charge in [-0.25, -0.2) is 9.67 Å². The highest BCUT2D eigenvalue weighted by molar-refractivity contribution is 5.96. The van der Waals surface area contributed by atoms with Gasteiger partial charge in [-0.1, -0.05) is 12.1 Å². The minimum absolute atomic E-state index is 0.0416. The van der Waals surface area contributed by atoms with Crippen molar-refractivity contribution in [3.8, 4) is 40.0 Å². The molecule has 0 unspecified atom stereocenters. The summed E-state index contributed by atoms with van der Waals surface area (Å²) in [6.45, 7) is 0. The average Bonchev–Trinajstić information content (AvgIpc) is 3.89. The Morgan fingerprint density at radius 2 is 1.84 bits per heavy atom. The van der Waals surface area contributed by atoms with Crippen LogP contribution < -0.4 is 14.8 Å². The van der Waals surface area contributed by atoms with Gasteiger partial charge in [-0.3, -0.25) is 9.48 Å². The van der Waals surface area contributed by atoms with E-state index in [0.29, 0.717) is 29.1 Å². The van der Waals surface area contributed by atoms with E-state index in [9.17, 15) is 18.0 Å². The van der Waals surface area contributed by atoms with Gasteiger partial charge < -0.3 is 19.4 Å². The molecule has 2 aromatic carbocycles. The molecule has 7 rings (SSSR count). The molecule has 2 aliphatic carbocycles. The molecule has 0 saturated heterocycles. The highest BCUT2D eigenvalue weighted by atomic mass is 19.4. The van der Waals surface area contributed by atoms with Crippen LogP contribution in [-0.4, -0.2) is 55.5 Å². The van der Waals surface area contributed by atoms with Crippen molar-refractivity contribution in [2.75, 3.05) is 14.2 Å². The van der Waals surface area contributed by atoms with Crippen LogP contribution in [0.1, 0.15) is 53.7 Å². The molecule has 0 bridgehead atoms. The minimum Gasteiger partial charge on any atom is -0.478 e. The van der Waals surface area contributed by atoms with E-state index in [-0.39, 0.29) is 17.0 Å². The molecule has 0 spiro atoms. The zero-order valence-electron chi connectivity index (χ0n) is 23.6. The Bertz CT molecular complexity index is 1880. The van der Waals surface area contributed by atoms with Crippen LogP contribution in [0.5, 0.6) is 11.6 Å². The molecular formula is C30H28F3N7O3. The van der Waals surface area contributed by atoms with Gasteiger partial charge in [-0.2, -0.15) is 5.10 Å². The lowest BCUT2D eigenvalue weighted by atomic mass is 10.0. The summed E-state index contributed by atoms with van der Waals surface area (Å²) in [4.78, 5) is 17.1. The van der Waals surface area contributed by atoms with E-state index >= 15 is 0 Å². The monoisotopic (exact) mass is 591 g/mol. The van der Waals surface area contributed by atoms with Crippen LogP contribution in [0, 0.1) is 0 Å². The molecule has 3 heterocycles. The summed E-state index contributed by atoms with van der Waals surface area (Å²) >= 11 is 0. The standard InChI is InChI=1S/C30H28F3N7O3/c1-34-28(41)17-9-12-20(24(13-17)43-30(31,32)33)27-35-25(26(38(27)2)16-7-8-16)19-5-4-6-22-21(19)14-40(36-22)23-15-39(18-10-11-18)37-29(23)42-3/h4-6,9,12-16,18H,7-8,10-11H2,1-3H3,(H,34,41). The van der Waals surface area contributed by atoms with Crippen LogP contribution in [0.15, 0.2) is 48.8 Å². The first-order valence-electron chi connectivity index (χ1n) is 14.0. The quantitative estimate of drug-likeness (QED) is 0.246. The number of carbonyl (C=O) groups excluding carboxylic acids is 1. The van der Waals surface area contributed by atoms with E-state index < -0.39 is 18.0 Å². The van der Waals surface area contributed by atoms with Gasteiger partial charge >= 0.3 is 6.36 Å². The fourth-order valence-corrected chi connectivity index (χ4v) is 5.54. The summed E-state index contributed by atoms with van der Waals surface area (Å²) in [5.74, 6) is -0.0449. The molecule has 43 heavy (non-hydrogen) atoms. The van der Waals surface area contributed by atoms with Crippen LogP contribution in [0.4, 0.5) is 13.2 Å². The number of ether oxygens (including phenoxy) is 2. The van der Waals surface area contributed by atoms with Crippen molar-refractivity contribution in [1.82, 2.24) is 34.4 Å². The summed E-state index contributed by atoms with van der Waals surface area (Å²) < 4.78 is 55.9. The van der Waals surface area contributed by atoms with Gasteiger partial charge in [0.05, 0.1) is 36.1 Å². The highest BCUT2D eigenvalue weighted by Gasteiger charge is 2.36. The van der Waals surface area contributed by atoms with Gasteiger partial charge in [-0.05, 0) is 49.9 Å². The predicted octanol–water partition coefficient (Wildman–Crippen LogP) is 5.77. The van der Waals surface area contributed by atoms with Crippen molar-refractivity contribution in [3.05, 3.63) is 60.0 Å². The molecule has 2 aliphatic rings. The van der Waals surface area contributed by atoms with Crippen molar-refractivity contribution in [3.63, 3.8) is 0 Å². The Kier molecular flexibility index (Phi) is 6.22. The average molecular weight is 592 g/mol. The maximum atomic E-state index is 13.5. The van der Waals surface area contributed by atoms with E-state index in [1.165, 1.54) is 19.2 Å². The van der Waals surface area contributed by atoms with E-state index in [1.807, 2.05) is 39.8 Å². The molecule has 2 fully saturated rings. The smallest absolute Gasteiger partial charge is 0.478 e. The number of nitrogens with one attached hydrogen (secondary N) is 1. The number of imidazole rings is 1. The van der Waals surface area contributed by atoms with Crippen molar-refractivity contribution >= 4 is 16.8 Å². The van der Waals surface area contributed by atoms with Gasteiger partial charge in [0.25, 0.3) is 11.8 Å². The lowest BCUT2D eigenvalue weighted by Crippen LogP contribution is -2.20. The Hall–Kier alpha value is -4.81. The van der Waals surface area contributed by atoms with Crippen molar-refractivity contribution in [1.29, 1.82) is 0 Å².